The molecule has 0 fully saturated rings. The second-order valence-corrected chi connectivity index (χ2v) is 5.25. The molecule has 1 N–H and O–H groups in total. The number of alkyl halides is 5. The lowest BCUT2D eigenvalue weighted by Gasteiger charge is -2.13. The minimum atomic E-state index is -5.00. The van der Waals surface area contributed by atoms with Gasteiger partial charge in [-0.25, -0.2) is 13.2 Å². The number of rotatable bonds is 1. The van der Waals surface area contributed by atoms with Crippen LogP contribution >= 0.6 is 0 Å². The van der Waals surface area contributed by atoms with Crippen molar-refractivity contribution in [1.82, 2.24) is 4.57 Å². The van der Waals surface area contributed by atoms with E-state index < -0.39 is 58.5 Å². The summed E-state index contributed by atoms with van der Waals surface area (Å²) in [6.07, 6.45) is -12.1. The number of hydrogen-bond donors (Lipinski definition) is 1. The standard InChI is InChI=1S/C15H8F6N2O/c16-10-6(4-22)2-1-3-8(10)23-5-7(15(19,20)21)9-13(23)11(17)12(18)14(9)24/h1-3,5,11-12,14,24H/t11-,12-,14-/m0/s1. The van der Waals surface area contributed by atoms with Crippen molar-refractivity contribution in [2.45, 2.75) is 24.6 Å². The van der Waals surface area contributed by atoms with Crippen molar-refractivity contribution in [3.05, 3.63) is 52.6 Å². The highest BCUT2D eigenvalue weighted by molar-refractivity contribution is 5.51. The number of fused-ring (bicyclic) bond motifs is 1. The largest absolute Gasteiger partial charge is 0.418 e. The SMILES string of the molecule is N#Cc1cccc(-n2cc(C(F)(F)F)c3c2[C@@H](F)[C@H](F)[C@H]3O)c1F. The summed E-state index contributed by atoms with van der Waals surface area (Å²) >= 11 is 0. The summed E-state index contributed by atoms with van der Waals surface area (Å²) in [5.74, 6) is -1.17. The van der Waals surface area contributed by atoms with Crippen molar-refractivity contribution in [2.24, 2.45) is 0 Å². The first-order chi connectivity index (χ1) is 11.2. The first-order valence-corrected chi connectivity index (χ1v) is 6.66. The van der Waals surface area contributed by atoms with Crippen LogP contribution in [-0.4, -0.2) is 15.8 Å². The van der Waals surface area contributed by atoms with E-state index in [9.17, 15) is 31.4 Å². The number of aliphatic hydroxyl groups excluding tert-OH is 1. The number of hydrogen-bond acceptors (Lipinski definition) is 2. The van der Waals surface area contributed by atoms with Crippen LogP contribution in [0.1, 0.15) is 34.7 Å². The third kappa shape index (κ3) is 2.17. The molecule has 3 atom stereocenters. The van der Waals surface area contributed by atoms with Crippen LogP contribution in [0, 0.1) is 17.1 Å². The lowest BCUT2D eigenvalue weighted by molar-refractivity contribution is -0.139. The van der Waals surface area contributed by atoms with Gasteiger partial charge in [0.2, 0.25) is 0 Å². The predicted molar refractivity (Wildman–Crippen MR) is 69.1 cm³/mol. The van der Waals surface area contributed by atoms with Gasteiger partial charge in [-0.3, -0.25) is 0 Å². The van der Waals surface area contributed by atoms with Crippen LogP contribution < -0.4 is 0 Å². The molecule has 1 aromatic carbocycles. The Labute approximate surface area is 131 Å². The smallest absolute Gasteiger partial charge is 0.385 e. The fourth-order valence-electron chi connectivity index (χ4n) is 2.82. The van der Waals surface area contributed by atoms with Crippen molar-refractivity contribution in [2.75, 3.05) is 0 Å². The normalized spacial score (nSPS) is 23.2. The fourth-order valence-corrected chi connectivity index (χ4v) is 2.82. The first kappa shape index (κ1) is 16.4. The molecular formula is C15H8F6N2O. The summed E-state index contributed by atoms with van der Waals surface area (Å²) in [6, 6.07) is 4.83. The molecule has 0 aliphatic heterocycles. The van der Waals surface area contributed by atoms with Crippen LogP contribution in [0.5, 0.6) is 0 Å². The van der Waals surface area contributed by atoms with Gasteiger partial charge in [0, 0.05) is 11.8 Å². The van der Waals surface area contributed by atoms with Gasteiger partial charge < -0.3 is 9.67 Å². The summed E-state index contributed by atoms with van der Waals surface area (Å²) in [4.78, 5) is 0. The number of nitrogens with zero attached hydrogens (tertiary/aromatic N) is 2. The van der Waals surface area contributed by atoms with Gasteiger partial charge in [0.25, 0.3) is 0 Å². The molecule has 1 aliphatic rings. The maximum absolute atomic E-state index is 14.3. The lowest BCUT2D eigenvalue weighted by Crippen LogP contribution is -2.15. The Morgan fingerprint density at radius 2 is 1.88 bits per heavy atom. The zero-order valence-electron chi connectivity index (χ0n) is 11.7. The van der Waals surface area contributed by atoms with Crippen molar-refractivity contribution in [1.29, 1.82) is 5.26 Å². The van der Waals surface area contributed by atoms with Crippen molar-refractivity contribution in [3.8, 4) is 11.8 Å². The number of aromatic nitrogens is 1. The quantitative estimate of drug-likeness (QED) is 0.796. The molecule has 2 aromatic rings. The fraction of sp³-hybridized carbons (Fsp3) is 0.267. The molecule has 1 heterocycles. The molecule has 0 saturated heterocycles. The molecule has 0 unspecified atom stereocenters. The van der Waals surface area contributed by atoms with Gasteiger partial charge in [0.05, 0.1) is 22.5 Å². The second kappa shape index (κ2) is 5.27. The Kier molecular flexibility index (Phi) is 3.60. The first-order valence-electron chi connectivity index (χ1n) is 6.66. The third-order valence-electron chi connectivity index (χ3n) is 3.89. The molecule has 1 aliphatic carbocycles. The van der Waals surface area contributed by atoms with Crippen molar-refractivity contribution >= 4 is 0 Å². The van der Waals surface area contributed by atoms with Gasteiger partial charge in [-0.2, -0.15) is 18.4 Å². The van der Waals surface area contributed by atoms with E-state index in [2.05, 4.69) is 0 Å². The predicted octanol–water partition coefficient (Wildman–Crippen LogP) is 3.90. The van der Waals surface area contributed by atoms with Crippen molar-refractivity contribution in [3.63, 3.8) is 0 Å². The molecule has 3 nitrogen and oxygen atoms in total. The molecule has 0 spiro atoms. The summed E-state index contributed by atoms with van der Waals surface area (Å²) < 4.78 is 81.9. The summed E-state index contributed by atoms with van der Waals surface area (Å²) in [7, 11) is 0. The molecule has 3 rings (SSSR count). The maximum atomic E-state index is 14.3. The van der Waals surface area contributed by atoms with Crippen LogP contribution in [-0.2, 0) is 6.18 Å². The van der Waals surface area contributed by atoms with E-state index >= 15 is 0 Å². The van der Waals surface area contributed by atoms with Crippen LogP contribution in [0.25, 0.3) is 5.69 Å². The van der Waals surface area contributed by atoms with E-state index in [1.165, 1.54) is 12.1 Å². The van der Waals surface area contributed by atoms with E-state index in [4.69, 9.17) is 5.26 Å². The topological polar surface area (TPSA) is 49.0 Å². The second-order valence-electron chi connectivity index (χ2n) is 5.25. The minimum Gasteiger partial charge on any atom is -0.385 e. The van der Waals surface area contributed by atoms with Gasteiger partial charge >= 0.3 is 6.18 Å². The zero-order valence-corrected chi connectivity index (χ0v) is 11.7. The highest BCUT2D eigenvalue weighted by atomic mass is 19.4. The lowest BCUT2D eigenvalue weighted by atomic mass is 10.1. The van der Waals surface area contributed by atoms with E-state index in [1.807, 2.05) is 0 Å². The Morgan fingerprint density at radius 3 is 2.46 bits per heavy atom. The summed E-state index contributed by atoms with van der Waals surface area (Å²) in [5, 5.41) is 18.4. The Balaban J connectivity index is 2.33. The zero-order chi connectivity index (χ0) is 17.8. The van der Waals surface area contributed by atoms with Gasteiger partial charge in [0.1, 0.15) is 12.2 Å². The molecule has 1 aromatic heterocycles. The maximum Gasteiger partial charge on any atom is 0.418 e. The average Bonchev–Trinajstić information content (AvgIpc) is 3.01. The Morgan fingerprint density at radius 1 is 1.21 bits per heavy atom. The molecular weight excluding hydrogens is 338 g/mol. The minimum absolute atomic E-state index is 0.395. The van der Waals surface area contributed by atoms with Gasteiger partial charge in [0.15, 0.2) is 18.2 Å². The number of halogens is 6. The highest BCUT2D eigenvalue weighted by Gasteiger charge is 2.50. The molecule has 0 radical (unpaired) electrons. The van der Waals surface area contributed by atoms with E-state index in [-0.39, 0.29) is 0 Å². The Bertz CT molecular complexity index is 851. The number of benzene rings is 1. The van der Waals surface area contributed by atoms with Crippen LogP contribution in [0.15, 0.2) is 24.4 Å². The average molecular weight is 346 g/mol. The van der Waals surface area contributed by atoms with E-state index in [0.717, 1.165) is 12.1 Å². The number of aliphatic hydroxyl groups is 1. The molecule has 0 amide bonds. The third-order valence-corrected chi connectivity index (χ3v) is 3.89. The molecule has 0 saturated carbocycles. The van der Waals surface area contributed by atoms with E-state index in [0.29, 0.717) is 10.8 Å². The summed E-state index contributed by atoms with van der Waals surface area (Å²) in [6.45, 7) is 0. The van der Waals surface area contributed by atoms with Crippen LogP contribution in [0.4, 0.5) is 26.3 Å². The highest BCUT2D eigenvalue weighted by Crippen LogP contribution is 2.50. The molecule has 126 valence electrons. The molecule has 24 heavy (non-hydrogen) atoms. The van der Waals surface area contributed by atoms with E-state index in [1.54, 1.807) is 0 Å². The molecule has 9 heteroatoms. The van der Waals surface area contributed by atoms with Crippen LogP contribution in [0.3, 0.4) is 0 Å². The monoisotopic (exact) mass is 346 g/mol. The summed E-state index contributed by atoms with van der Waals surface area (Å²) in [5.41, 5.74) is -4.21. The molecule has 0 bridgehead atoms. The Hall–Kier alpha value is -2.47. The van der Waals surface area contributed by atoms with Gasteiger partial charge in [-0.15, -0.1) is 0 Å². The van der Waals surface area contributed by atoms with Crippen molar-refractivity contribution < 1.29 is 31.4 Å². The van der Waals surface area contributed by atoms with Gasteiger partial charge in [-0.1, -0.05) is 6.07 Å². The number of nitriles is 1. The van der Waals surface area contributed by atoms with Crippen LogP contribution in [0.2, 0.25) is 0 Å². The van der Waals surface area contributed by atoms with Gasteiger partial charge in [-0.05, 0) is 12.1 Å².